The Bertz CT molecular complexity index is 680. The molecule has 0 radical (unpaired) electrons. The highest BCUT2D eigenvalue weighted by atomic mass is 35.5. The number of esters is 1. The molecule has 4 nitrogen and oxygen atoms in total. The van der Waals surface area contributed by atoms with E-state index in [1.807, 2.05) is 16.8 Å². The van der Waals surface area contributed by atoms with Crippen LogP contribution in [0.25, 0.3) is 6.08 Å². The van der Waals surface area contributed by atoms with Crippen LogP contribution in [0.3, 0.4) is 0 Å². The maximum absolute atomic E-state index is 11.8. The average Bonchev–Trinajstić information content (AvgIpc) is 3.00. The van der Waals surface area contributed by atoms with Gasteiger partial charge < -0.3 is 10.1 Å². The van der Waals surface area contributed by atoms with Crippen molar-refractivity contribution >= 4 is 46.6 Å². The number of hydrogen-bond donors (Lipinski definition) is 1. The molecule has 21 heavy (non-hydrogen) atoms. The lowest BCUT2D eigenvalue weighted by Gasteiger charge is -2.07. The SMILES string of the molecule is COC(=O)c1ccc(Cl)c(NC(=O)/C=C/c2ccsc2)c1. The number of hydrogen-bond acceptors (Lipinski definition) is 4. The summed E-state index contributed by atoms with van der Waals surface area (Å²) in [4.78, 5) is 23.3. The summed E-state index contributed by atoms with van der Waals surface area (Å²) in [6.07, 6.45) is 3.10. The van der Waals surface area contributed by atoms with Crippen molar-refractivity contribution in [3.8, 4) is 0 Å². The van der Waals surface area contributed by atoms with Gasteiger partial charge >= 0.3 is 5.97 Å². The van der Waals surface area contributed by atoms with Crippen LogP contribution >= 0.6 is 22.9 Å². The van der Waals surface area contributed by atoms with Gasteiger partial charge in [0.25, 0.3) is 0 Å². The standard InChI is InChI=1S/C15H12ClNO3S/c1-20-15(19)11-3-4-12(16)13(8-11)17-14(18)5-2-10-6-7-21-9-10/h2-9H,1H3,(H,17,18)/b5-2+. The largest absolute Gasteiger partial charge is 0.465 e. The number of rotatable bonds is 4. The maximum Gasteiger partial charge on any atom is 0.337 e. The normalized spacial score (nSPS) is 10.6. The molecule has 1 N–H and O–H groups in total. The molecular weight excluding hydrogens is 310 g/mol. The van der Waals surface area contributed by atoms with E-state index in [0.717, 1.165) is 5.56 Å². The molecule has 0 aliphatic heterocycles. The second kappa shape index (κ2) is 7.06. The number of thiophene rings is 1. The van der Waals surface area contributed by atoms with Crippen LogP contribution in [0.15, 0.2) is 41.1 Å². The molecule has 6 heteroatoms. The summed E-state index contributed by atoms with van der Waals surface area (Å²) in [5.41, 5.74) is 1.63. The predicted octanol–water partition coefficient (Wildman–Crippen LogP) is 3.84. The Morgan fingerprint density at radius 2 is 2.14 bits per heavy atom. The number of anilines is 1. The van der Waals surface area contributed by atoms with Crippen molar-refractivity contribution in [2.75, 3.05) is 12.4 Å². The van der Waals surface area contributed by atoms with Crippen molar-refractivity contribution in [2.24, 2.45) is 0 Å². The highest BCUT2D eigenvalue weighted by Crippen LogP contribution is 2.23. The minimum Gasteiger partial charge on any atom is -0.465 e. The molecule has 1 amide bonds. The number of halogens is 1. The van der Waals surface area contributed by atoms with E-state index in [1.165, 1.54) is 31.4 Å². The minimum absolute atomic E-state index is 0.319. The molecule has 0 bridgehead atoms. The molecule has 2 aromatic rings. The van der Waals surface area contributed by atoms with Crippen LogP contribution in [0.5, 0.6) is 0 Å². The Morgan fingerprint density at radius 1 is 1.33 bits per heavy atom. The van der Waals surface area contributed by atoms with Gasteiger partial charge in [-0.2, -0.15) is 11.3 Å². The zero-order valence-corrected chi connectivity index (χ0v) is 12.7. The van der Waals surface area contributed by atoms with Crippen LogP contribution in [0.1, 0.15) is 15.9 Å². The lowest BCUT2D eigenvalue weighted by molar-refractivity contribution is -0.111. The molecule has 0 saturated heterocycles. The summed E-state index contributed by atoms with van der Waals surface area (Å²) in [6.45, 7) is 0. The first-order valence-electron chi connectivity index (χ1n) is 5.99. The van der Waals surface area contributed by atoms with Crippen LogP contribution in [-0.4, -0.2) is 19.0 Å². The van der Waals surface area contributed by atoms with E-state index >= 15 is 0 Å². The van der Waals surface area contributed by atoms with Gasteiger partial charge in [-0.3, -0.25) is 4.79 Å². The van der Waals surface area contributed by atoms with Crippen LogP contribution in [-0.2, 0) is 9.53 Å². The van der Waals surface area contributed by atoms with E-state index in [0.29, 0.717) is 16.3 Å². The van der Waals surface area contributed by atoms with Gasteiger partial charge in [0.15, 0.2) is 0 Å². The first-order valence-corrected chi connectivity index (χ1v) is 7.31. The van der Waals surface area contributed by atoms with Crippen LogP contribution < -0.4 is 5.32 Å². The minimum atomic E-state index is -0.490. The first-order chi connectivity index (χ1) is 10.1. The van der Waals surface area contributed by atoms with Gasteiger partial charge in [0.2, 0.25) is 5.91 Å². The molecule has 0 atom stereocenters. The smallest absolute Gasteiger partial charge is 0.337 e. The number of nitrogens with one attached hydrogen (secondary N) is 1. The predicted molar refractivity (Wildman–Crippen MR) is 84.8 cm³/mol. The summed E-state index contributed by atoms with van der Waals surface area (Å²) in [6, 6.07) is 6.45. The van der Waals surface area contributed by atoms with Crippen molar-refractivity contribution in [3.05, 3.63) is 57.3 Å². The number of carbonyl (C=O) groups is 2. The van der Waals surface area contributed by atoms with Crippen LogP contribution in [0, 0.1) is 0 Å². The summed E-state index contributed by atoms with van der Waals surface area (Å²) in [5, 5.41) is 6.83. The number of methoxy groups -OCH3 is 1. The topological polar surface area (TPSA) is 55.4 Å². The number of amides is 1. The fourth-order valence-electron chi connectivity index (χ4n) is 1.58. The van der Waals surface area contributed by atoms with E-state index in [-0.39, 0.29) is 5.91 Å². The van der Waals surface area contributed by atoms with E-state index in [1.54, 1.807) is 17.4 Å². The quantitative estimate of drug-likeness (QED) is 0.687. The highest BCUT2D eigenvalue weighted by molar-refractivity contribution is 7.08. The third-order valence-electron chi connectivity index (χ3n) is 2.62. The Morgan fingerprint density at radius 3 is 2.81 bits per heavy atom. The second-order valence-corrected chi connectivity index (χ2v) is 5.25. The summed E-state index contributed by atoms with van der Waals surface area (Å²) in [5.74, 6) is -0.818. The van der Waals surface area contributed by atoms with Crippen LogP contribution in [0.2, 0.25) is 5.02 Å². The molecule has 0 fully saturated rings. The zero-order valence-electron chi connectivity index (χ0n) is 11.1. The highest BCUT2D eigenvalue weighted by Gasteiger charge is 2.10. The van der Waals surface area contributed by atoms with Gasteiger partial charge in [-0.05, 0) is 46.7 Å². The zero-order chi connectivity index (χ0) is 15.2. The van der Waals surface area contributed by atoms with E-state index in [2.05, 4.69) is 10.1 Å². The fourth-order valence-corrected chi connectivity index (χ4v) is 2.38. The van der Waals surface area contributed by atoms with Gasteiger partial charge in [0, 0.05) is 6.08 Å². The molecular formula is C15H12ClNO3S. The lowest BCUT2D eigenvalue weighted by Crippen LogP contribution is -2.09. The maximum atomic E-state index is 11.8. The number of carbonyl (C=O) groups excluding carboxylic acids is 2. The molecule has 2 rings (SSSR count). The third kappa shape index (κ3) is 4.18. The van der Waals surface area contributed by atoms with Gasteiger partial charge in [0.05, 0.1) is 23.4 Å². The second-order valence-electron chi connectivity index (χ2n) is 4.07. The Balaban J connectivity index is 2.11. The van der Waals surface area contributed by atoms with Crippen LogP contribution in [0.4, 0.5) is 5.69 Å². The number of ether oxygens (including phenoxy) is 1. The van der Waals surface area contributed by atoms with Crippen molar-refractivity contribution < 1.29 is 14.3 Å². The lowest BCUT2D eigenvalue weighted by atomic mass is 10.2. The molecule has 1 heterocycles. The molecule has 1 aromatic heterocycles. The monoisotopic (exact) mass is 321 g/mol. The van der Waals surface area contributed by atoms with E-state index < -0.39 is 5.97 Å². The van der Waals surface area contributed by atoms with Gasteiger partial charge in [-0.1, -0.05) is 11.6 Å². The third-order valence-corrected chi connectivity index (χ3v) is 3.65. The van der Waals surface area contributed by atoms with Crippen molar-refractivity contribution in [1.82, 2.24) is 0 Å². The molecule has 1 aromatic carbocycles. The summed E-state index contributed by atoms with van der Waals surface area (Å²) in [7, 11) is 1.29. The molecule has 0 unspecified atom stereocenters. The van der Waals surface area contributed by atoms with Gasteiger partial charge in [-0.15, -0.1) is 0 Å². The number of benzene rings is 1. The molecule has 0 aliphatic carbocycles. The first kappa shape index (κ1) is 15.3. The van der Waals surface area contributed by atoms with Crippen molar-refractivity contribution in [3.63, 3.8) is 0 Å². The summed E-state index contributed by atoms with van der Waals surface area (Å²) < 4.78 is 4.63. The average molecular weight is 322 g/mol. The molecule has 0 aliphatic rings. The van der Waals surface area contributed by atoms with E-state index in [9.17, 15) is 9.59 Å². The van der Waals surface area contributed by atoms with E-state index in [4.69, 9.17) is 11.6 Å². The molecule has 0 spiro atoms. The Hall–Kier alpha value is -2.11. The summed E-state index contributed by atoms with van der Waals surface area (Å²) >= 11 is 7.55. The molecule has 108 valence electrons. The van der Waals surface area contributed by atoms with Crippen molar-refractivity contribution in [1.29, 1.82) is 0 Å². The van der Waals surface area contributed by atoms with Crippen molar-refractivity contribution in [2.45, 2.75) is 0 Å². The Kier molecular flexibility index (Phi) is 5.14. The fraction of sp³-hybridized carbons (Fsp3) is 0.0667. The Labute approximate surface area is 131 Å². The van der Waals surface area contributed by atoms with Gasteiger partial charge in [-0.25, -0.2) is 4.79 Å². The van der Waals surface area contributed by atoms with Gasteiger partial charge in [0.1, 0.15) is 0 Å². The molecule has 0 saturated carbocycles.